The Bertz CT molecular complexity index is 994. The standard InChI is InChI=1S/C23H30N4.ClH/c1-7-18(8-2)26-10-9-19-17(6)25-22-20(13-24-27(22)23(19)26)21-15(4)11-14(3)12-16(21)5;/h11-13,18H,7-10H2,1-6H3;1H. The lowest BCUT2D eigenvalue weighted by molar-refractivity contribution is 0.563. The molecule has 0 spiro atoms. The number of anilines is 1. The Labute approximate surface area is 174 Å². The second kappa shape index (κ2) is 7.75. The number of nitrogens with zero attached hydrogens (tertiary/aromatic N) is 4. The molecule has 2 aromatic heterocycles. The van der Waals surface area contributed by atoms with Crippen LogP contribution >= 0.6 is 12.4 Å². The van der Waals surface area contributed by atoms with Crippen LogP contribution in [0.3, 0.4) is 0 Å². The highest BCUT2D eigenvalue weighted by atomic mass is 35.5. The number of halogens is 1. The van der Waals surface area contributed by atoms with Crippen LogP contribution in [0, 0.1) is 27.7 Å². The summed E-state index contributed by atoms with van der Waals surface area (Å²) in [5.41, 5.74) is 9.80. The van der Waals surface area contributed by atoms with Gasteiger partial charge in [0.25, 0.3) is 0 Å². The number of rotatable bonds is 4. The molecule has 5 heteroatoms. The van der Waals surface area contributed by atoms with E-state index in [0.717, 1.165) is 42.7 Å². The first-order valence-electron chi connectivity index (χ1n) is 10.2. The van der Waals surface area contributed by atoms with Gasteiger partial charge in [0, 0.05) is 29.4 Å². The molecule has 0 saturated carbocycles. The highest BCUT2D eigenvalue weighted by Gasteiger charge is 2.30. The molecule has 0 bridgehead atoms. The van der Waals surface area contributed by atoms with Crippen LogP contribution in [0.15, 0.2) is 18.3 Å². The lowest BCUT2D eigenvalue weighted by atomic mass is 9.95. The average molecular weight is 399 g/mol. The topological polar surface area (TPSA) is 33.4 Å². The second-order valence-corrected chi connectivity index (χ2v) is 7.98. The van der Waals surface area contributed by atoms with Crippen molar-refractivity contribution in [2.45, 2.75) is 66.8 Å². The quantitative estimate of drug-likeness (QED) is 0.573. The van der Waals surface area contributed by atoms with E-state index < -0.39 is 0 Å². The van der Waals surface area contributed by atoms with Gasteiger partial charge < -0.3 is 4.90 Å². The minimum Gasteiger partial charge on any atom is -0.353 e. The average Bonchev–Trinajstić information content (AvgIpc) is 3.21. The van der Waals surface area contributed by atoms with Gasteiger partial charge in [0.2, 0.25) is 0 Å². The number of hydrogen-bond acceptors (Lipinski definition) is 3. The van der Waals surface area contributed by atoms with E-state index in [1.54, 1.807) is 0 Å². The van der Waals surface area contributed by atoms with Gasteiger partial charge in [-0.3, -0.25) is 0 Å². The van der Waals surface area contributed by atoms with Gasteiger partial charge in [-0.1, -0.05) is 31.5 Å². The molecule has 0 saturated heterocycles. The number of aryl methyl sites for hydroxylation is 4. The van der Waals surface area contributed by atoms with Crippen LogP contribution < -0.4 is 4.90 Å². The van der Waals surface area contributed by atoms with E-state index in [0.29, 0.717) is 6.04 Å². The predicted octanol–water partition coefficient (Wildman–Crippen LogP) is 5.60. The number of fused-ring (bicyclic) bond motifs is 3. The van der Waals surface area contributed by atoms with Crippen molar-refractivity contribution in [2.75, 3.05) is 11.4 Å². The zero-order valence-electron chi connectivity index (χ0n) is 17.8. The molecule has 3 aromatic rings. The van der Waals surface area contributed by atoms with Gasteiger partial charge in [-0.25, -0.2) is 4.98 Å². The first-order chi connectivity index (χ1) is 13.0. The first kappa shape index (κ1) is 20.7. The fourth-order valence-corrected chi connectivity index (χ4v) is 4.91. The molecule has 4 nitrogen and oxygen atoms in total. The normalized spacial score (nSPS) is 13.3. The van der Waals surface area contributed by atoms with Gasteiger partial charge in [-0.05, 0) is 63.6 Å². The van der Waals surface area contributed by atoms with E-state index in [2.05, 4.69) is 63.1 Å². The minimum atomic E-state index is 0. The largest absolute Gasteiger partial charge is 0.353 e. The maximum absolute atomic E-state index is 5.01. The number of aromatic nitrogens is 3. The van der Waals surface area contributed by atoms with Crippen LogP contribution in [0.25, 0.3) is 16.8 Å². The summed E-state index contributed by atoms with van der Waals surface area (Å²) < 4.78 is 2.10. The highest BCUT2D eigenvalue weighted by molar-refractivity contribution is 5.85. The lowest BCUT2D eigenvalue weighted by Gasteiger charge is -2.28. The molecule has 0 unspecified atom stereocenters. The predicted molar refractivity (Wildman–Crippen MR) is 120 cm³/mol. The van der Waals surface area contributed by atoms with Crippen LogP contribution in [0.4, 0.5) is 5.82 Å². The third-order valence-corrected chi connectivity index (χ3v) is 6.13. The highest BCUT2D eigenvalue weighted by Crippen LogP contribution is 2.37. The smallest absolute Gasteiger partial charge is 0.165 e. The van der Waals surface area contributed by atoms with Gasteiger partial charge >= 0.3 is 0 Å². The number of benzene rings is 1. The molecule has 0 radical (unpaired) electrons. The van der Waals surface area contributed by atoms with E-state index in [4.69, 9.17) is 10.1 Å². The molecule has 1 aliphatic heterocycles. The van der Waals surface area contributed by atoms with Crippen LogP contribution in [-0.2, 0) is 6.42 Å². The second-order valence-electron chi connectivity index (χ2n) is 7.98. The van der Waals surface area contributed by atoms with Crippen molar-refractivity contribution in [3.63, 3.8) is 0 Å². The van der Waals surface area contributed by atoms with Crippen molar-refractivity contribution in [1.29, 1.82) is 0 Å². The minimum absolute atomic E-state index is 0. The Balaban J connectivity index is 0.00000225. The van der Waals surface area contributed by atoms with Gasteiger partial charge in [0.15, 0.2) is 5.65 Å². The molecule has 1 aliphatic rings. The number of hydrogen-bond donors (Lipinski definition) is 0. The molecule has 0 atom stereocenters. The summed E-state index contributed by atoms with van der Waals surface area (Å²) in [6, 6.07) is 5.07. The van der Waals surface area contributed by atoms with E-state index in [9.17, 15) is 0 Å². The van der Waals surface area contributed by atoms with Crippen LogP contribution in [0.2, 0.25) is 0 Å². The van der Waals surface area contributed by atoms with Crippen molar-refractivity contribution in [3.8, 4) is 11.1 Å². The van der Waals surface area contributed by atoms with Crippen molar-refractivity contribution < 1.29 is 0 Å². The summed E-state index contributed by atoms with van der Waals surface area (Å²) in [6.45, 7) is 14.3. The van der Waals surface area contributed by atoms with Crippen molar-refractivity contribution in [1.82, 2.24) is 14.6 Å². The van der Waals surface area contributed by atoms with E-state index in [1.165, 1.54) is 33.6 Å². The SMILES string of the molecule is CCC(CC)N1CCc2c(C)nc3c(-c4c(C)cc(C)cc4C)cnn3c21.Cl. The lowest BCUT2D eigenvalue weighted by Crippen LogP contribution is -2.34. The maximum Gasteiger partial charge on any atom is 0.165 e. The molecule has 0 fully saturated rings. The van der Waals surface area contributed by atoms with E-state index >= 15 is 0 Å². The Morgan fingerprint density at radius 2 is 1.68 bits per heavy atom. The maximum atomic E-state index is 5.01. The third kappa shape index (κ3) is 3.08. The molecular weight excluding hydrogens is 368 g/mol. The van der Waals surface area contributed by atoms with Gasteiger partial charge in [-0.15, -0.1) is 12.4 Å². The van der Waals surface area contributed by atoms with Crippen LogP contribution in [0.1, 0.15) is 54.6 Å². The molecular formula is C23H31ClN4. The summed E-state index contributed by atoms with van der Waals surface area (Å²) >= 11 is 0. The Kier molecular flexibility index (Phi) is 5.72. The van der Waals surface area contributed by atoms with E-state index in [-0.39, 0.29) is 12.4 Å². The summed E-state index contributed by atoms with van der Waals surface area (Å²) in [6.07, 6.45) is 5.39. The van der Waals surface area contributed by atoms with Gasteiger partial charge in [-0.2, -0.15) is 9.61 Å². The van der Waals surface area contributed by atoms with Crippen LogP contribution in [0.5, 0.6) is 0 Å². The molecule has 1 aromatic carbocycles. The van der Waals surface area contributed by atoms with E-state index in [1.807, 2.05) is 6.20 Å². The van der Waals surface area contributed by atoms with Gasteiger partial charge in [0.1, 0.15) is 5.82 Å². The first-order valence-corrected chi connectivity index (χ1v) is 10.2. The molecule has 0 amide bonds. The molecule has 0 aliphatic carbocycles. The van der Waals surface area contributed by atoms with Crippen molar-refractivity contribution in [2.24, 2.45) is 0 Å². The molecule has 28 heavy (non-hydrogen) atoms. The Hall–Kier alpha value is -2.07. The molecule has 4 rings (SSSR count). The fraction of sp³-hybridized carbons (Fsp3) is 0.478. The van der Waals surface area contributed by atoms with Crippen LogP contribution in [-0.4, -0.2) is 27.2 Å². The summed E-state index contributed by atoms with van der Waals surface area (Å²) in [7, 11) is 0. The molecule has 150 valence electrons. The molecule has 0 N–H and O–H groups in total. The summed E-state index contributed by atoms with van der Waals surface area (Å²) in [5.74, 6) is 1.26. The fourth-order valence-electron chi connectivity index (χ4n) is 4.91. The zero-order chi connectivity index (χ0) is 19.3. The summed E-state index contributed by atoms with van der Waals surface area (Å²) in [4.78, 5) is 7.57. The monoisotopic (exact) mass is 398 g/mol. The zero-order valence-corrected chi connectivity index (χ0v) is 18.7. The van der Waals surface area contributed by atoms with Crippen molar-refractivity contribution >= 4 is 23.9 Å². The Morgan fingerprint density at radius 3 is 2.29 bits per heavy atom. The Morgan fingerprint density at radius 1 is 1.04 bits per heavy atom. The summed E-state index contributed by atoms with van der Waals surface area (Å²) in [5, 5.41) is 4.83. The third-order valence-electron chi connectivity index (χ3n) is 6.13. The van der Waals surface area contributed by atoms with Crippen molar-refractivity contribution in [3.05, 3.63) is 46.3 Å². The van der Waals surface area contributed by atoms with Gasteiger partial charge in [0.05, 0.1) is 6.20 Å². The molecule has 3 heterocycles.